The summed E-state index contributed by atoms with van der Waals surface area (Å²) in [5.41, 5.74) is 2.40. The van der Waals surface area contributed by atoms with Crippen LogP contribution in [0.25, 0.3) is 11.2 Å². The van der Waals surface area contributed by atoms with E-state index in [-0.39, 0.29) is 11.1 Å². The van der Waals surface area contributed by atoms with Gasteiger partial charge in [-0.3, -0.25) is 4.68 Å². The molecule has 0 saturated carbocycles. The van der Waals surface area contributed by atoms with Gasteiger partial charge in [-0.2, -0.15) is 5.10 Å². The topological polar surface area (TPSA) is 69.8 Å². The highest BCUT2D eigenvalue weighted by Gasteiger charge is 2.20. The monoisotopic (exact) mass is 304 g/mol. The van der Waals surface area contributed by atoms with Crippen molar-refractivity contribution in [2.75, 3.05) is 12.0 Å². The van der Waals surface area contributed by atoms with E-state index in [4.69, 9.17) is 11.6 Å². The smallest absolute Gasteiger partial charge is 0.158 e. The van der Waals surface area contributed by atoms with Crippen LogP contribution < -0.4 is 0 Å². The Morgan fingerprint density at radius 3 is 2.58 bits per heavy atom. The molecule has 0 fully saturated rings. The number of imidazole rings is 1. The molecule has 106 valence electrons. The lowest BCUT2D eigenvalue weighted by Gasteiger charge is -2.10. The van der Waals surface area contributed by atoms with Gasteiger partial charge >= 0.3 is 0 Å². The van der Waals surface area contributed by atoms with Gasteiger partial charge in [0.05, 0.1) is 16.8 Å². The van der Waals surface area contributed by atoms with Gasteiger partial charge < -0.3 is 4.57 Å². The number of halogens is 1. The second-order valence-corrected chi connectivity index (χ2v) is 7.66. The summed E-state index contributed by atoms with van der Waals surface area (Å²) >= 11 is 6.13. The van der Waals surface area contributed by atoms with E-state index in [0.29, 0.717) is 12.4 Å². The zero-order chi connectivity index (χ0) is 14.4. The van der Waals surface area contributed by atoms with Gasteiger partial charge in [0.1, 0.15) is 21.2 Å². The van der Waals surface area contributed by atoms with Gasteiger partial charge in [0.15, 0.2) is 5.65 Å². The van der Waals surface area contributed by atoms with Crippen LogP contribution in [0.4, 0.5) is 0 Å². The van der Waals surface area contributed by atoms with Gasteiger partial charge in [-0.05, 0) is 13.8 Å². The van der Waals surface area contributed by atoms with Crippen molar-refractivity contribution in [1.82, 2.24) is 19.3 Å². The van der Waals surface area contributed by atoms with Crippen LogP contribution in [0.3, 0.4) is 0 Å². The van der Waals surface area contributed by atoms with Crippen LogP contribution in [0.5, 0.6) is 0 Å². The van der Waals surface area contributed by atoms with E-state index >= 15 is 0 Å². The molecule has 8 heteroatoms. The molecule has 0 aliphatic rings. The molecule has 2 heterocycles. The quantitative estimate of drug-likeness (QED) is 0.801. The third kappa shape index (κ3) is 2.76. The van der Waals surface area contributed by atoms with Crippen molar-refractivity contribution in [1.29, 1.82) is 0 Å². The summed E-state index contributed by atoms with van der Waals surface area (Å²) in [4.78, 5) is 4.49. The van der Waals surface area contributed by atoms with Crippen LogP contribution in [-0.4, -0.2) is 39.8 Å². The molecule has 2 rings (SSSR count). The van der Waals surface area contributed by atoms with Crippen molar-refractivity contribution >= 4 is 32.6 Å². The molecule has 0 aliphatic heterocycles. The first-order valence-electron chi connectivity index (χ1n) is 5.92. The molecular weight excluding hydrogens is 288 g/mol. The molecule has 1 unspecified atom stereocenters. The largest absolute Gasteiger partial charge is 0.311 e. The minimum Gasteiger partial charge on any atom is -0.311 e. The number of fused-ring (bicyclic) bond motifs is 1. The normalized spacial score (nSPS) is 14.2. The standard InChI is InChI=1S/C11H17ClN4O2S/c1-7(12)10-13-9-8(2)14-15(3)11(9)16(10)5-6-19(4,17)18/h7H,5-6H2,1-4H3. The number of rotatable bonds is 4. The van der Waals surface area contributed by atoms with Crippen LogP contribution in [-0.2, 0) is 23.4 Å². The predicted octanol–water partition coefficient (Wildman–Crippen LogP) is 1.42. The number of aromatic nitrogens is 4. The lowest BCUT2D eigenvalue weighted by atomic mass is 10.4. The molecule has 0 N–H and O–H groups in total. The van der Waals surface area contributed by atoms with Crippen LogP contribution >= 0.6 is 11.6 Å². The Morgan fingerprint density at radius 2 is 2.05 bits per heavy atom. The second kappa shape index (κ2) is 4.79. The van der Waals surface area contributed by atoms with E-state index < -0.39 is 9.84 Å². The Labute approximate surface area is 117 Å². The maximum atomic E-state index is 11.3. The van der Waals surface area contributed by atoms with Crippen LogP contribution in [0, 0.1) is 6.92 Å². The van der Waals surface area contributed by atoms with Crippen LogP contribution in [0.2, 0.25) is 0 Å². The molecule has 0 bridgehead atoms. The third-order valence-electron chi connectivity index (χ3n) is 2.96. The zero-order valence-electron chi connectivity index (χ0n) is 11.4. The summed E-state index contributed by atoms with van der Waals surface area (Å²) in [6.07, 6.45) is 1.22. The minimum atomic E-state index is -3.04. The summed E-state index contributed by atoms with van der Waals surface area (Å²) in [6.45, 7) is 4.03. The second-order valence-electron chi connectivity index (χ2n) is 4.75. The highest BCUT2D eigenvalue weighted by atomic mass is 35.5. The molecule has 0 radical (unpaired) electrons. The summed E-state index contributed by atoms with van der Waals surface area (Å²) < 4.78 is 26.2. The van der Waals surface area contributed by atoms with Crippen molar-refractivity contribution in [2.45, 2.75) is 25.8 Å². The van der Waals surface area contributed by atoms with Gasteiger partial charge in [0.25, 0.3) is 0 Å². The molecule has 0 aliphatic carbocycles. The van der Waals surface area contributed by atoms with E-state index in [1.807, 2.05) is 25.5 Å². The number of alkyl halides is 1. The number of sulfone groups is 1. The first kappa shape index (κ1) is 14.3. The Morgan fingerprint density at radius 1 is 1.42 bits per heavy atom. The van der Waals surface area contributed by atoms with E-state index in [1.54, 1.807) is 4.68 Å². The number of hydrogen-bond acceptors (Lipinski definition) is 4. The summed E-state index contributed by atoms with van der Waals surface area (Å²) in [5, 5.41) is 4.01. The molecule has 0 amide bonds. The lowest BCUT2D eigenvalue weighted by Crippen LogP contribution is -2.15. The fourth-order valence-electron chi connectivity index (χ4n) is 2.13. The maximum absolute atomic E-state index is 11.3. The van der Waals surface area contributed by atoms with Gasteiger partial charge in [-0.25, -0.2) is 13.4 Å². The Bertz CT molecular complexity index is 715. The fraction of sp³-hybridized carbons (Fsp3) is 0.636. The lowest BCUT2D eigenvalue weighted by molar-refractivity contribution is 0.591. The van der Waals surface area contributed by atoms with E-state index in [1.165, 1.54) is 6.26 Å². The van der Waals surface area contributed by atoms with E-state index in [0.717, 1.165) is 16.9 Å². The molecule has 6 nitrogen and oxygen atoms in total. The average molecular weight is 305 g/mol. The fourth-order valence-corrected chi connectivity index (χ4v) is 2.81. The molecule has 1 atom stereocenters. The van der Waals surface area contributed by atoms with E-state index in [2.05, 4.69) is 10.1 Å². The van der Waals surface area contributed by atoms with E-state index in [9.17, 15) is 8.42 Å². The Kier molecular flexibility index (Phi) is 3.61. The predicted molar refractivity (Wildman–Crippen MR) is 75.2 cm³/mol. The average Bonchev–Trinajstić information content (AvgIpc) is 2.75. The van der Waals surface area contributed by atoms with Crippen molar-refractivity contribution in [3.05, 3.63) is 11.5 Å². The summed E-state index contributed by atoms with van der Waals surface area (Å²) in [6, 6.07) is 0. The zero-order valence-corrected chi connectivity index (χ0v) is 13.0. The summed E-state index contributed by atoms with van der Waals surface area (Å²) in [5.74, 6) is 0.732. The van der Waals surface area contributed by atoms with Gasteiger partial charge in [-0.15, -0.1) is 11.6 Å². The first-order valence-corrected chi connectivity index (χ1v) is 8.42. The van der Waals surface area contributed by atoms with Gasteiger partial charge in [0, 0.05) is 19.8 Å². The first-order chi connectivity index (χ1) is 8.70. The Balaban J connectivity index is 2.57. The van der Waals surface area contributed by atoms with Gasteiger partial charge in [0.2, 0.25) is 0 Å². The molecular formula is C11H17ClN4O2S. The van der Waals surface area contributed by atoms with Crippen LogP contribution in [0.15, 0.2) is 0 Å². The molecule has 2 aromatic rings. The molecule has 19 heavy (non-hydrogen) atoms. The number of nitrogens with zero attached hydrogens (tertiary/aromatic N) is 4. The van der Waals surface area contributed by atoms with Crippen molar-refractivity contribution < 1.29 is 8.42 Å². The van der Waals surface area contributed by atoms with Crippen LogP contribution in [0.1, 0.15) is 23.8 Å². The highest BCUT2D eigenvalue weighted by molar-refractivity contribution is 7.90. The maximum Gasteiger partial charge on any atom is 0.158 e. The molecule has 0 saturated heterocycles. The molecule has 0 spiro atoms. The van der Waals surface area contributed by atoms with Crippen molar-refractivity contribution in [3.63, 3.8) is 0 Å². The Hall–Kier alpha value is -1.08. The van der Waals surface area contributed by atoms with Crippen molar-refractivity contribution in [2.24, 2.45) is 7.05 Å². The SMILES string of the molecule is Cc1nn(C)c2c1nc(C(C)Cl)n2CCS(C)(=O)=O. The van der Waals surface area contributed by atoms with Crippen molar-refractivity contribution in [3.8, 4) is 0 Å². The minimum absolute atomic E-state index is 0.0549. The highest BCUT2D eigenvalue weighted by Crippen LogP contribution is 2.25. The number of hydrogen-bond donors (Lipinski definition) is 0. The third-order valence-corrected chi connectivity index (χ3v) is 4.08. The number of aryl methyl sites for hydroxylation is 3. The molecule has 0 aromatic carbocycles. The molecule has 2 aromatic heterocycles. The van der Waals surface area contributed by atoms with Gasteiger partial charge in [-0.1, -0.05) is 0 Å². The summed E-state index contributed by atoms with van der Waals surface area (Å²) in [7, 11) is -1.22.